The van der Waals surface area contributed by atoms with Crippen LogP contribution in [0, 0.1) is 0 Å². The fourth-order valence-corrected chi connectivity index (χ4v) is 2.62. The Morgan fingerprint density at radius 3 is 2.10 bits per heavy atom. The molecule has 0 bridgehead atoms. The Morgan fingerprint density at radius 2 is 1.62 bits per heavy atom. The van der Waals surface area contributed by atoms with Gasteiger partial charge in [0.1, 0.15) is 0 Å². The molecule has 114 valence electrons. The molecule has 1 nitrogen and oxygen atoms in total. The zero-order valence-corrected chi connectivity index (χ0v) is 11.1. The first-order valence-electron chi connectivity index (χ1n) is 5.68. The quantitative estimate of drug-likeness (QED) is 0.786. The molecule has 2 aromatic rings. The summed E-state index contributed by atoms with van der Waals surface area (Å²) in [5, 5.41) is 1.59. The first-order valence-corrected chi connectivity index (χ1v) is 6.56. The van der Waals surface area contributed by atoms with Crippen LogP contribution in [0.1, 0.15) is 27.6 Å². The van der Waals surface area contributed by atoms with E-state index >= 15 is 0 Å². The molecule has 2 rings (SSSR count). The number of halogens is 6. The lowest BCUT2D eigenvalue weighted by atomic mass is 9.96. The molecule has 1 aromatic carbocycles. The Bertz CT molecular complexity index is 615. The largest absolute Gasteiger partial charge is 0.416 e. The summed E-state index contributed by atoms with van der Waals surface area (Å²) in [4.78, 5) is 0.361. The number of nitrogens with two attached hydrogens (primary N) is 1. The van der Waals surface area contributed by atoms with E-state index in [1.54, 1.807) is 11.4 Å². The minimum absolute atomic E-state index is 0.361. The van der Waals surface area contributed by atoms with Crippen molar-refractivity contribution in [1.29, 1.82) is 0 Å². The van der Waals surface area contributed by atoms with Crippen LogP contribution in [0.25, 0.3) is 0 Å². The predicted molar refractivity (Wildman–Crippen MR) is 66.8 cm³/mol. The van der Waals surface area contributed by atoms with Crippen molar-refractivity contribution in [3.63, 3.8) is 0 Å². The highest BCUT2D eigenvalue weighted by Crippen LogP contribution is 2.40. The molecule has 0 spiro atoms. The van der Waals surface area contributed by atoms with Gasteiger partial charge in [-0.05, 0) is 35.2 Å². The molecule has 0 aliphatic rings. The number of hydrogen-bond donors (Lipinski definition) is 1. The summed E-state index contributed by atoms with van der Waals surface area (Å²) in [5.74, 6) is 0. The Kier molecular flexibility index (Phi) is 4.03. The van der Waals surface area contributed by atoms with Gasteiger partial charge in [0, 0.05) is 4.88 Å². The smallest absolute Gasteiger partial charge is 0.320 e. The summed E-state index contributed by atoms with van der Waals surface area (Å²) in [6, 6.07) is 3.09. The summed E-state index contributed by atoms with van der Waals surface area (Å²) in [6.45, 7) is 0. The maximum atomic E-state index is 12.9. The van der Waals surface area contributed by atoms with Crippen molar-refractivity contribution in [2.75, 3.05) is 0 Å². The van der Waals surface area contributed by atoms with Crippen molar-refractivity contribution in [1.82, 2.24) is 0 Å². The second-order valence-corrected chi connectivity index (χ2v) is 5.27. The number of hydrogen-bond acceptors (Lipinski definition) is 2. The highest BCUT2D eigenvalue weighted by atomic mass is 32.1. The first kappa shape index (κ1) is 15.8. The minimum atomic E-state index is -4.77. The van der Waals surface area contributed by atoms with Crippen LogP contribution in [0.2, 0.25) is 0 Å². The molecule has 0 unspecified atom stereocenters. The second-order valence-electron chi connectivity index (χ2n) is 4.29. The van der Waals surface area contributed by atoms with E-state index in [-0.39, 0.29) is 0 Å². The molecule has 0 radical (unpaired) electrons. The van der Waals surface area contributed by atoms with Crippen molar-refractivity contribution in [2.45, 2.75) is 18.4 Å². The van der Waals surface area contributed by atoms with Crippen LogP contribution in [0.15, 0.2) is 35.7 Å². The molecule has 2 N–H and O–H groups in total. The zero-order chi connectivity index (χ0) is 15.8. The zero-order valence-electron chi connectivity index (χ0n) is 10.3. The van der Waals surface area contributed by atoms with Crippen molar-refractivity contribution < 1.29 is 26.3 Å². The molecular weight excluding hydrogens is 316 g/mol. The molecule has 0 fully saturated rings. The fourth-order valence-electron chi connectivity index (χ4n) is 1.88. The molecule has 0 amide bonds. The van der Waals surface area contributed by atoms with Gasteiger partial charge in [-0.25, -0.2) is 0 Å². The van der Waals surface area contributed by atoms with Crippen LogP contribution in [-0.4, -0.2) is 0 Å². The summed E-state index contributed by atoms with van der Waals surface area (Å²) in [7, 11) is 0. The van der Waals surface area contributed by atoms with E-state index in [9.17, 15) is 26.3 Å². The van der Waals surface area contributed by atoms with E-state index in [1.165, 1.54) is 6.07 Å². The molecule has 1 atom stereocenters. The standard InChI is InChI=1S/C13H9F6NS/c14-12(15,16)7-3-4-9(13(17,18)19)8(6-7)11(20)10-2-1-5-21-10/h1-6,11H,20H2/t11-/m0/s1. The van der Waals surface area contributed by atoms with Crippen molar-refractivity contribution in [3.8, 4) is 0 Å². The average molecular weight is 325 g/mol. The van der Waals surface area contributed by atoms with Crippen LogP contribution in [0.4, 0.5) is 26.3 Å². The molecule has 0 saturated heterocycles. The molecule has 0 saturated carbocycles. The van der Waals surface area contributed by atoms with E-state index in [2.05, 4.69) is 0 Å². The Hall–Kier alpha value is -1.54. The Balaban J connectivity index is 2.59. The molecular formula is C13H9F6NS. The van der Waals surface area contributed by atoms with Crippen LogP contribution >= 0.6 is 11.3 Å². The van der Waals surface area contributed by atoms with Gasteiger partial charge in [0.2, 0.25) is 0 Å². The maximum Gasteiger partial charge on any atom is 0.416 e. The van der Waals surface area contributed by atoms with Gasteiger partial charge in [0.05, 0.1) is 17.2 Å². The van der Waals surface area contributed by atoms with Crippen molar-refractivity contribution >= 4 is 11.3 Å². The highest BCUT2D eigenvalue weighted by molar-refractivity contribution is 7.10. The van der Waals surface area contributed by atoms with E-state index in [0.29, 0.717) is 23.1 Å². The molecule has 0 aliphatic carbocycles. The number of thiophene rings is 1. The van der Waals surface area contributed by atoms with E-state index in [1.807, 2.05) is 0 Å². The summed E-state index contributed by atoms with van der Waals surface area (Å²) >= 11 is 1.08. The van der Waals surface area contributed by atoms with Gasteiger partial charge < -0.3 is 5.73 Å². The van der Waals surface area contributed by atoms with Crippen LogP contribution in [-0.2, 0) is 12.4 Å². The first-order chi connectivity index (χ1) is 9.60. The van der Waals surface area contributed by atoms with E-state index in [4.69, 9.17) is 5.73 Å². The van der Waals surface area contributed by atoms with E-state index < -0.39 is 35.1 Å². The van der Waals surface area contributed by atoms with E-state index in [0.717, 1.165) is 11.3 Å². The Morgan fingerprint density at radius 1 is 0.952 bits per heavy atom. The van der Waals surface area contributed by atoms with Gasteiger partial charge in [-0.15, -0.1) is 11.3 Å². The van der Waals surface area contributed by atoms with Gasteiger partial charge in [-0.3, -0.25) is 0 Å². The van der Waals surface area contributed by atoms with Crippen LogP contribution in [0.5, 0.6) is 0 Å². The number of rotatable bonds is 2. The molecule has 8 heteroatoms. The third kappa shape index (κ3) is 3.38. The minimum Gasteiger partial charge on any atom is -0.320 e. The van der Waals surface area contributed by atoms with Gasteiger partial charge in [-0.1, -0.05) is 6.07 Å². The van der Waals surface area contributed by atoms with Crippen LogP contribution < -0.4 is 5.73 Å². The molecule has 1 aromatic heterocycles. The highest BCUT2D eigenvalue weighted by Gasteiger charge is 2.38. The molecule has 21 heavy (non-hydrogen) atoms. The molecule has 1 heterocycles. The van der Waals surface area contributed by atoms with Crippen molar-refractivity contribution in [2.24, 2.45) is 5.73 Å². The summed E-state index contributed by atoms with van der Waals surface area (Å²) < 4.78 is 76.9. The van der Waals surface area contributed by atoms with Crippen molar-refractivity contribution in [3.05, 3.63) is 57.3 Å². The topological polar surface area (TPSA) is 26.0 Å². The summed E-state index contributed by atoms with van der Waals surface area (Å²) in [5.41, 5.74) is 2.82. The Labute approximate surface area is 120 Å². The average Bonchev–Trinajstić information content (AvgIpc) is 2.88. The lowest BCUT2D eigenvalue weighted by Crippen LogP contribution is -2.19. The number of alkyl halides is 6. The van der Waals surface area contributed by atoms with Crippen LogP contribution in [0.3, 0.4) is 0 Å². The second kappa shape index (κ2) is 5.34. The van der Waals surface area contributed by atoms with Gasteiger partial charge >= 0.3 is 12.4 Å². The summed E-state index contributed by atoms with van der Waals surface area (Å²) in [6.07, 6.45) is -9.50. The lowest BCUT2D eigenvalue weighted by Gasteiger charge is -2.19. The lowest BCUT2D eigenvalue weighted by molar-refractivity contribution is -0.141. The predicted octanol–water partition coefficient (Wildman–Crippen LogP) is 4.83. The third-order valence-electron chi connectivity index (χ3n) is 2.87. The van der Waals surface area contributed by atoms with Gasteiger partial charge in [-0.2, -0.15) is 26.3 Å². The fraction of sp³-hybridized carbons (Fsp3) is 0.231. The maximum absolute atomic E-state index is 12.9. The third-order valence-corrected chi connectivity index (χ3v) is 3.82. The number of benzene rings is 1. The monoisotopic (exact) mass is 325 g/mol. The molecule has 0 aliphatic heterocycles. The van der Waals surface area contributed by atoms with Gasteiger partial charge in [0.25, 0.3) is 0 Å². The SMILES string of the molecule is N[C@H](c1cccs1)c1cc(C(F)(F)F)ccc1C(F)(F)F. The van der Waals surface area contributed by atoms with Gasteiger partial charge in [0.15, 0.2) is 0 Å². The normalized spacial score (nSPS) is 14.2.